The minimum Gasteiger partial charge on any atom is -0.398 e. The summed E-state index contributed by atoms with van der Waals surface area (Å²) in [5.41, 5.74) is 4.10. The number of oxime groups is 2. The SMILES string of the molecule is CNC(=O)/C(=N/OC)c1cccc(CF)c1CO/N=C(\C)c1cccc(C)c1. The fourth-order valence-electron chi connectivity index (χ4n) is 2.69. The van der Waals surface area contributed by atoms with E-state index in [-0.39, 0.29) is 12.3 Å². The van der Waals surface area contributed by atoms with Crippen LogP contribution in [-0.2, 0) is 27.8 Å². The van der Waals surface area contributed by atoms with Gasteiger partial charge in [-0.1, -0.05) is 58.3 Å². The van der Waals surface area contributed by atoms with E-state index in [2.05, 4.69) is 15.6 Å². The molecule has 0 atom stereocenters. The molecule has 0 bridgehead atoms. The highest BCUT2D eigenvalue weighted by atomic mass is 19.1. The first-order valence-corrected chi connectivity index (χ1v) is 8.75. The van der Waals surface area contributed by atoms with Crippen LogP contribution in [0.15, 0.2) is 52.8 Å². The lowest BCUT2D eigenvalue weighted by Crippen LogP contribution is -2.29. The van der Waals surface area contributed by atoms with Crippen LogP contribution in [0, 0.1) is 6.92 Å². The molecular formula is C21H24FN3O3. The van der Waals surface area contributed by atoms with Crippen LogP contribution in [0.1, 0.15) is 34.7 Å². The van der Waals surface area contributed by atoms with Crippen molar-refractivity contribution in [2.75, 3.05) is 14.2 Å². The first kappa shape index (κ1) is 21.1. The third-order valence-corrected chi connectivity index (χ3v) is 4.14. The minimum atomic E-state index is -0.707. The molecule has 0 unspecified atom stereocenters. The molecule has 0 aliphatic carbocycles. The molecule has 0 fully saturated rings. The Bertz CT molecular complexity index is 894. The smallest absolute Gasteiger partial charge is 0.273 e. The highest BCUT2D eigenvalue weighted by Crippen LogP contribution is 2.19. The van der Waals surface area contributed by atoms with Crippen LogP contribution in [0.5, 0.6) is 0 Å². The molecule has 1 amide bonds. The van der Waals surface area contributed by atoms with Crippen LogP contribution < -0.4 is 5.32 Å². The second-order valence-corrected chi connectivity index (χ2v) is 6.10. The summed E-state index contributed by atoms with van der Waals surface area (Å²) in [4.78, 5) is 22.5. The summed E-state index contributed by atoms with van der Waals surface area (Å²) in [7, 11) is 2.83. The second kappa shape index (κ2) is 10.2. The number of amides is 1. The normalized spacial score (nSPS) is 11.9. The van der Waals surface area contributed by atoms with E-state index in [9.17, 15) is 9.18 Å². The topological polar surface area (TPSA) is 72.3 Å². The Morgan fingerprint density at radius 3 is 2.57 bits per heavy atom. The molecule has 0 saturated heterocycles. The number of aryl methyl sites for hydroxylation is 1. The summed E-state index contributed by atoms with van der Waals surface area (Å²) in [6.07, 6.45) is 0. The lowest BCUT2D eigenvalue weighted by atomic mass is 9.98. The zero-order chi connectivity index (χ0) is 20.5. The Hall–Kier alpha value is -3.22. The molecule has 2 aromatic carbocycles. The van der Waals surface area contributed by atoms with Crippen molar-refractivity contribution in [3.8, 4) is 0 Å². The maximum absolute atomic E-state index is 13.5. The van der Waals surface area contributed by atoms with E-state index in [1.807, 2.05) is 38.1 Å². The molecule has 7 heteroatoms. The van der Waals surface area contributed by atoms with E-state index in [1.54, 1.807) is 18.2 Å². The van der Waals surface area contributed by atoms with Gasteiger partial charge in [0.25, 0.3) is 5.91 Å². The zero-order valence-corrected chi connectivity index (χ0v) is 16.5. The minimum absolute atomic E-state index is 0.0156. The highest BCUT2D eigenvalue weighted by molar-refractivity contribution is 6.45. The average molecular weight is 385 g/mol. The van der Waals surface area contributed by atoms with Gasteiger partial charge in [-0.25, -0.2) is 4.39 Å². The molecule has 2 rings (SSSR count). The van der Waals surface area contributed by atoms with E-state index < -0.39 is 12.6 Å². The Balaban J connectivity index is 2.33. The van der Waals surface area contributed by atoms with Crippen molar-refractivity contribution >= 4 is 17.3 Å². The summed E-state index contributed by atoms with van der Waals surface area (Å²) >= 11 is 0. The van der Waals surface area contributed by atoms with E-state index in [0.29, 0.717) is 22.4 Å². The molecular weight excluding hydrogens is 361 g/mol. The first-order valence-electron chi connectivity index (χ1n) is 8.75. The molecule has 2 aromatic rings. The molecule has 0 radical (unpaired) electrons. The monoisotopic (exact) mass is 385 g/mol. The standard InChI is InChI=1S/C21H24FN3O3/c1-14-7-5-8-16(11-14)15(2)24-28-13-19-17(12-22)9-6-10-18(19)20(25-27-4)21(26)23-3/h5-11H,12-13H2,1-4H3,(H,23,26)/b24-15+,25-20+. The predicted octanol–water partition coefficient (Wildman–Crippen LogP) is 3.50. The predicted molar refractivity (Wildman–Crippen MR) is 107 cm³/mol. The number of carbonyl (C=O) groups is 1. The first-order chi connectivity index (χ1) is 13.5. The van der Waals surface area contributed by atoms with E-state index in [0.717, 1.165) is 11.1 Å². The van der Waals surface area contributed by atoms with Crippen LogP contribution in [0.25, 0.3) is 0 Å². The summed E-state index contributed by atoms with van der Waals surface area (Å²) in [6, 6.07) is 12.8. The third-order valence-electron chi connectivity index (χ3n) is 4.14. The van der Waals surface area contributed by atoms with Crippen molar-refractivity contribution in [1.82, 2.24) is 5.32 Å². The number of benzene rings is 2. The number of likely N-dealkylation sites (N-methyl/N-ethyl adjacent to an activating group) is 1. The molecule has 0 aliphatic heterocycles. The molecule has 0 aromatic heterocycles. The van der Waals surface area contributed by atoms with Crippen LogP contribution in [0.2, 0.25) is 0 Å². The van der Waals surface area contributed by atoms with Gasteiger partial charge >= 0.3 is 0 Å². The number of nitrogens with zero attached hydrogens (tertiary/aromatic N) is 2. The van der Waals surface area contributed by atoms with Crippen LogP contribution in [0.4, 0.5) is 4.39 Å². The maximum atomic E-state index is 13.5. The number of rotatable bonds is 8. The van der Waals surface area contributed by atoms with E-state index >= 15 is 0 Å². The van der Waals surface area contributed by atoms with Gasteiger partial charge in [0.2, 0.25) is 0 Å². The molecule has 0 heterocycles. The molecule has 0 aliphatic rings. The van der Waals surface area contributed by atoms with Gasteiger partial charge in [-0.3, -0.25) is 4.79 Å². The van der Waals surface area contributed by atoms with E-state index in [1.165, 1.54) is 14.2 Å². The third kappa shape index (κ3) is 5.16. The van der Waals surface area contributed by atoms with Gasteiger partial charge in [0.15, 0.2) is 5.71 Å². The number of nitrogens with one attached hydrogen (secondary N) is 1. The fraction of sp³-hybridized carbons (Fsp3) is 0.286. The molecule has 6 nitrogen and oxygen atoms in total. The van der Waals surface area contributed by atoms with Crippen molar-refractivity contribution < 1.29 is 18.9 Å². The van der Waals surface area contributed by atoms with Gasteiger partial charge in [-0.2, -0.15) is 0 Å². The number of alkyl halides is 1. The summed E-state index contributed by atoms with van der Waals surface area (Å²) in [5.74, 6) is -0.446. The number of carbonyl (C=O) groups excluding carboxylic acids is 1. The van der Waals surface area contributed by atoms with Crippen LogP contribution in [-0.4, -0.2) is 31.5 Å². The van der Waals surface area contributed by atoms with Gasteiger partial charge in [0, 0.05) is 18.2 Å². The Kier molecular flexibility index (Phi) is 7.68. The van der Waals surface area contributed by atoms with Gasteiger partial charge in [-0.05, 0) is 25.0 Å². The Morgan fingerprint density at radius 2 is 1.93 bits per heavy atom. The van der Waals surface area contributed by atoms with Gasteiger partial charge in [0.05, 0.1) is 5.71 Å². The Labute approximate surface area is 164 Å². The summed E-state index contributed by atoms with van der Waals surface area (Å²) in [6.45, 7) is 3.11. The van der Waals surface area contributed by atoms with Gasteiger partial charge in [0.1, 0.15) is 20.4 Å². The number of halogens is 1. The fourth-order valence-corrected chi connectivity index (χ4v) is 2.69. The summed E-state index contributed by atoms with van der Waals surface area (Å²) < 4.78 is 13.5. The quantitative estimate of drug-likeness (QED) is 0.558. The second-order valence-electron chi connectivity index (χ2n) is 6.10. The largest absolute Gasteiger partial charge is 0.398 e. The van der Waals surface area contributed by atoms with Gasteiger partial charge in [-0.15, -0.1) is 0 Å². The Morgan fingerprint density at radius 1 is 1.18 bits per heavy atom. The zero-order valence-electron chi connectivity index (χ0n) is 16.5. The van der Waals surface area contributed by atoms with E-state index in [4.69, 9.17) is 9.68 Å². The maximum Gasteiger partial charge on any atom is 0.273 e. The van der Waals surface area contributed by atoms with Crippen LogP contribution >= 0.6 is 0 Å². The molecule has 148 valence electrons. The highest BCUT2D eigenvalue weighted by Gasteiger charge is 2.20. The van der Waals surface area contributed by atoms with Crippen molar-refractivity contribution in [3.05, 3.63) is 70.3 Å². The average Bonchev–Trinajstić information content (AvgIpc) is 2.71. The number of hydrogen-bond donors (Lipinski definition) is 1. The van der Waals surface area contributed by atoms with Crippen molar-refractivity contribution in [2.45, 2.75) is 27.1 Å². The van der Waals surface area contributed by atoms with Crippen LogP contribution in [0.3, 0.4) is 0 Å². The molecule has 0 saturated carbocycles. The lowest BCUT2D eigenvalue weighted by Gasteiger charge is -2.13. The van der Waals surface area contributed by atoms with Gasteiger partial charge < -0.3 is 15.0 Å². The lowest BCUT2D eigenvalue weighted by molar-refractivity contribution is -0.114. The molecule has 28 heavy (non-hydrogen) atoms. The number of hydrogen-bond acceptors (Lipinski definition) is 5. The summed E-state index contributed by atoms with van der Waals surface area (Å²) in [5, 5.41) is 10.4. The van der Waals surface area contributed by atoms with Crippen molar-refractivity contribution in [2.24, 2.45) is 10.3 Å². The van der Waals surface area contributed by atoms with Crippen molar-refractivity contribution in [1.29, 1.82) is 0 Å². The molecule has 0 spiro atoms. The molecule has 1 N–H and O–H groups in total. The van der Waals surface area contributed by atoms with Crippen molar-refractivity contribution in [3.63, 3.8) is 0 Å².